The third-order valence-corrected chi connectivity index (χ3v) is 2.82. The number of hydrogen-bond donors (Lipinski definition) is 1. The smallest absolute Gasteiger partial charge is 0.251 e. The summed E-state index contributed by atoms with van der Waals surface area (Å²) in [5.74, 6) is -0.230. The van der Waals surface area contributed by atoms with Gasteiger partial charge in [0.15, 0.2) is 0 Å². The molecule has 0 saturated heterocycles. The molecule has 0 radical (unpaired) electrons. The van der Waals surface area contributed by atoms with Crippen molar-refractivity contribution in [3.63, 3.8) is 0 Å². The molecule has 19 heavy (non-hydrogen) atoms. The van der Waals surface area contributed by atoms with E-state index in [1.54, 1.807) is 31.7 Å². The average molecular weight is 257 g/mol. The fourth-order valence-electron chi connectivity index (χ4n) is 1.66. The molecule has 0 bridgehead atoms. The van der Waals surface area contributed by atoms with E-state index < -0.39 is 0 Å². The summed E-state index contributed by atoms with van der Waals surface area (Å²) in [5.41, 5.74) is 1.30. The zero-order valence-corrected chi connectivity index (χ0v) is 10.7. The Kier molecular flexibility index (Phi) is 4.07. The van der Waals surface area contributed by atoms with Crippen LogP contribution in [0.2, 0.25) is 0 Å². The monoisotopic (exact) mass is 257 g/mol. The lowest BCUT2D eigenvalue weighted by Gasteiger charge is -2.05. The molecule has 2 rings (SSSR count). The van der Waals surface area contributed by atoms with E-state index >= 15 is 0 Å². The topological polar surface area (TPSA) is 64.0 Å². The Balaban J connectivity index is 1.91. The van der Waals surface area contributed by atoms with Gasteiger partial charge in [-0.25, -0.2) is 0 Å². The second-order valence-corrected chi connectivity index (χ2v) is 4.23. The highest BCUT2D eigenvalue weighted by Crippen LogP contribution is 1.97. The number of carbonyl (C=O) groups excluding carboxylic acids is 1. The Morgan fingerprint density at radius 3 is 2.74 bits per heavy atom. The van der Waals surface area contributed by atoms with Crippen molar-refractivity contribution in [2.75, 3.05) is 6.54 Å². The minimum atomic E-state index is -0.230. The van der Waals surface area contributed by atoms with E-state index in [2.05, 4.69) is 10.3 Å². The second kappa shape index (κ2) is 5.95. The molecule has 0 unspecified atom stereocenters. The number of aryl methyl sites for hydroxylation is 1. The van der Waals surface area contributed by atoms with Crippen molar-refractivity contribution in [2.45, 2.75) is 6.42 Å². The van der Waals surface area contributed by atoms with Crippen LogP contribution in [-0.2, 0) is 13.5 Å². The third kappa shape index (κ3) is 3.51. The van der Waals surface area contributed by atoms with Crippen molar-refractivity contribution in [1.82, 2.24) is 14.9 Å². The van der Waals surface area contributed by atoms with Crippen LogP contribution in [0.5, 0.6) is 0 Å². The van der Waals surface area contributed by atoms with Crippen LogP contribution in [0.3, 0.4) is 0 Å². The highest BCUT2D eigenvalue weighted by atomic mass is 16.2. The number of rotatable bonds is 4. The second-order valence-electron chi connectivity index (χ2n) is 4.23. The van der Waals surface area contributed by atoms with Gasteiger partial charge in [-0.15, -0.1) is 0 Å². The summed E-state index contributed by atoms with van der Waals surface area (Å²) < 4.78 is 1.42. The minimum Gasteiger partial charge on any atom is -0.352 e. The van der Waals surface area contributed by atoms with Crippen molar-refractivity contribution >= 4 is 5.91 Å². The number of hydrogen-bond acceptors (Lipinski definition) is 3. The summed E-state index contributed by atoms with van der Waals surface area (Å²) in [6.45, 7) is 0.526. The molecule has 1 amide bonds. The summed E-state index contributed by atoms with van der Waals surface area (Å²) >= 11 is 0. The van der Waals surface area contributed by atoms with Crippen LogP contribution < -0.4 is 10.9 Å². The Morgan fingerprint density at radius 2 is 2.05 bits per heavy atom. The Labute approximate surface area is 110 Å². The van der Waals surface area contributed by atoms with Crippen LogP contribution in [-0.4, -0.2) is 22.0 Å². The zero-order chi connectivity index (χ0) is 13.7. The van der Waals surface area contributed by atoms with Gasteiger partial charge in [0.25, 0.3) is 11.5 Å². The zero-order valence-electron chi connectivity index (χ0n) is 10.7. The van der Waals surface area contributed by atoms with Crippen molar-refractivity contribution in [3.05, 3.63) is 64.3 Å². The standard InChI is InChI=1S/C14H15N3O2/c1-17-9-5-12(10-13(17)18)14(19)16-8-4-11-2-6-15-7-3-11/h2-3,5-7,9-10H,4,8H2,1H3,(H,16,19). The van der Waals surface area contributed by atoms with Crippen molar-refractivity contribution in [2.24, 2.45) is 7.05 Å². The first-order valence-electron chi connectivity index (χ1n) is 6.00. The molecule has 0 aliphatic rings. The van der Waals surface area contributed by atoms with Gasteiger partial charge in [0.05, 0.1) is 0 Å². The molecule has 0 spiro atoms. The van der Waals surface area contributed by atoms with E-state index in [1.165, 1.54) is 10.6 Å². The molecule has 0 aliphatic carbocycles. The van der Waals surface area contributed by atoms with Crippen LogP contribution in [0, 0.1) is 0 Å². The average Bonchev–Trinajstić information content (AvgIpc) is 2.43. The van der Waals surface area contributed by atoms with Gasteiger partial charge in [-0.1, -0.05) is 0 Å². The molecule has 5 nitrogen and oxygen atoms in total. The van der Waals surface area contributed by atoms with Crippen LogP contribution in [0.4, 0.5) is 0 Å². The summed E-state index contributed by atoms with van der Waals surface area (Å²) in [5, 5.41) is 2.79. The van der Waals surface area contributed by atoms with Crippen molar-refractivity contribution < 1.29 is 4.79 Å². The predicted molar refractivity (Wildman–Crippen MR) is 72.0 cm³/mol. The fraction of sp³-hybridized carbons (Fsp3) is 0.214. The lowest BCUT2D eigenvalue weighted by atomic mass is 10.2. The van der Waals surface area contributed by atoms with Crippen LogP contribution in [0.1, 0.15) is 15.9 Å². The predicted octanol–water partition coefficient (Wildman–Crippen LogP) is 0.753. The Morgan fingerprint density at radius 1 is 1.32 bits per heavy atom. The van der Waals surface area contributed by atoms with E-state index in [4.69, 9.17) is 0 Å². The van der Waals surface area contributed by atoms with Gasteiger partial charge in [-0.2, -0.15) is 0 Å². The Bertz CT molecular complexity index is 620. The first-order valence-corrected chi connectivity index (χ1v) is 6.00. The molecule has 0 atom stereocenters. The number of amides is 1. The molecule has 0 aliphatic heterocycles. The highest BCUT2D eigenvalue weighted by Gasteiger charge is 2.05. The van der Waals surface area contributed by atoms with E-state index in [0.717, 1.165) is 12.0 Å². The fourth-order valence-corrected chi connectivity index (χ4v) is 1.66. The molecule has 2 aromatic heterocycles. The summed E-state index contributed by atoms with van der Waals surface area (Å²) in [7, 11) is 1.65. The maximum absolute atomic E-state index is 11.8. The molecule has 0 fully saturated rings. The summed E-state index contributed by atoms with van der Waals surface area (Å²) in [4.78, 5) is 27.2. The molecule has 1 N–H and O–H groups in total. The number of aromatic nitrogens is 2. The number of nitrogens with zero attached hydrogens (tertiary/aromatic N) is 2. The van der Waals surface area contributed by atoms with Crippen molar-refractivity contribution in [1.29, 1.82) is 0 Å². The number of nitrogens with one attached hydrogen (secondary N) is 1. The minimum absolute atomic E-state index is 0.193. The lowest BCUT2D eigenvalue weighted by molar-refractivity contribution is 0.0954. The van der Waals surface area contributed by atoms with Gasteiger partial charge in [-0.05, 0) is 30.2 Å². The third-order valence-electron chi connectivity index (χ3n) is 2.82. The van der Waals surface area contributed by atoms with E-state index in [9.17, 15) is 9.59 Å². The summed E-state index contributed by atoms with van der Waals surface area (Å²) in [6, 6.07) is 6.78. The SMILES string of the molecule is Cn1ccc(C(=O)NCCc2ccncc2)cc1=O. The largest absolute Gasteiger partial charge is 0.352 e. The van der Waals surface area contributed by atoms with Crippen LogP contribution in [0.15, 0.2) is 47.7 Å². The quantitative estimate of drug-likeness (QED) is 0.879. The van der Waals surface area contributed by atoms with Gasteiger partial charge < -0.3 is 9.88 Å². The maximum Gasteiger partial charge on any atom is 0.251 e. The van der Waals surface area contributed by atoms with Crippen molar-refractivity contribution in [3.8, 4) is 0 Å². The van der Waals surface area contributed by atoms with E-state index in [1.807, 2.05) is 12.1 Å². The van der Waals surface area contributed by atoms with Crippen LogP contribution >= 0.6 is 0 Å². The first kappa shape index (κ1) is 13.0. The molecule has 0 aromatic carbocycles. The van der Waals surface area contributed by atoms with Gasteiger partial charge in [0.2, 0.25) is 0 Å². The molecule has 5 heteroatoms. The van der Waals surface area contributed by atoms with Gasteiger partial charge in [-0.3, -0.25) is 14.6 Å². The molecular weight excluding hydrogens is 242 g/mol. The van der Waals surface area contributed by atoms with Crippen LogP contribution in [0.25, 0.3) is 0 Å². The molecule has 98 valence electrons. The molecule has 2 heterocycles. The normalized spacial score (nSPS) is 10.2. The van der Waals surface area contributed by atoms with Gasteiger partial charge in [0.1, 0.15) is 0 Å². The number of carbonyl (C=O) groups is 1. The van der Waals surface area contributed by atoms with Gasteiger partial charge >= 0.3 is 0 Å². The van der Waals surface area contributed by atoms with Gasteiger partial charge in [0, 0.05) is 43.8 Å². The maximum atomic E-state index is 11.8. The molecular formula is C14H15N3O2. The molecule has 0 saturated carbocycles. The van der Waals surface area contributed by atoms with E-state index in [-0.39, 0.29) is 11.5 Å². The van der Waals surface area contributed by atoms with E-state index in [0.29, 0.717) is 12.1 Å². The summed E-state index contributed by atoms with van der Waals surface area (Å²) in [6.07, 6.45) is 5.76. The molecule has 2 aromatic rings. The number of pyridine rings is 2. The first-order chi connectivity index (χ1) is 9.16. The Hall–Kier alpha value is -2.43. The highest BCUT2D eigenvalue weighted by molar-refractivity contribution is 5.93. The lowest BCUT2D eigenvalue weighted by Crippen LogP contribution is -2.27.